The highest BCUT2D eigenvalue weighted by Crippen LogP contribution is 2.07. The Balaban J connectivity index is 2.76. The van der Waals surface area contributed by atoms with Crippen LogP contribution >= 0.6 is 23.2 Å². The molecule has 15 heavy (non-hydrogen) atoms. The van der Waals surface area contributed by atoms with E-state index in [1.807, 2.05) is 0 Å². The van der Waals surface area contributed by atoms with Crippen molar-refractivity contribution in [3.05, 3.63) is 17.5 Å². The van der Waals surface area contributed by atoms with Crippen molar-refractivity contribution in [2.45, 2.75) is 6.92 Å². The number of hydrogen-bond donors (Lipinski definition) is 1. The molecule has 0 aliphatic rings. The van der Waals surface area contributed by atoms with Crippen molar-refractivity contribution in [2.75, 3.05) is 24.8 Å². The third-order valence-corrected chi connectivity index (χ3v) is 2.39. The smallest absolute Gasteiger partial charge is 0.257 e. The number of nitrogens with zero attached hydrogens (tertiary/aromatic N) is 2. The number of H-pyrrole nitrogens is 1. The Hall–Kier alpha value is -0.740. The molecule has 0 saturated carbocycles. The summed E-state index contributed by atoms with van der Waals surface area (Å²) in [5.74, 6) is 0.724. The number of hydrogen-bond acceptors (Lipinski definition) is 2. The first-order chi connectivity index (χ1) is 7.20. The molecule has 4 nitrogen and oxygen atoms in total. The second kappa shape index (κ2) is 5.98. The fourth-order valence-electron chi connectivity index (χ4n) is 1.26. The minimum absolute atomic E-state index is 0.0810. The lowest BCUT2D eigenvalue weighted by Crippen LogP contribution is -2.34. The van der Waals surface area contributed by atoms with Gasteiger partial charge in [0, 0.05) is 30.5 Å². The molecule has 1 N–H and O–H groups in total. The van der Waals surface area contributed by atoms with Gasteiger partial charge in [-0.3, -0.25) is 9.89 Å². The highest BCUT2D eigenvalue weighted by molar-refractivity contribution is 6.18. The molecular weight excluding hydrogens is 237 g/mol. The average Bonchev–Trinajstić information content (AvgIpc) is 2.63. The van der Waals surface area contributed by atoms with Crippen molar-refractivity contribution < 1.29 is 4.79 Å². The van der Waals surface area contributed by atoms with Gasteiger partial charge in [0.15, 0.2) is 0 Å². The third kappa shape index (κ3) is 3.11. The van der Waals surface area contributed by atoms with Gasteiger partial charge in [-0.05, 0) is 6.92 Å². The molecule has 0 spiro atoms. The average molecular weight is 250 g/mol. The zero-order valence-corrected chi connectivity index (χ0v) is 9.98. The van der Waals surface area contributed by atoms with Crippen LogP contribution in [0.3, 0.4) is 0 Å². The van der Waals surface area contributed by atoms with Gasteiger partial charge in [-0.2, -0.15) is 5.10 Å². The summed E-state index contributed by atoms with van der Waals surface area (Å²) < 4.78 is 0. The van der Waals surface area contributed by atoms with Crippen LogP contribution in [-0.4, -0.2) is 45.9 Å². The van der Waals surface area contributed by atoms with Crippen LogP contribution in [0.5, 0.6) is 0 Å². The molecule has 1 heterocycles. The Labute approximate surface area is 98.5 Å². The summed E-state index contributed by atoms with van der Waals surface area (Å²) in [5, 5.41) is 6.53. The van der Waals surface area contributed by atoms with E-state index >= 15 is 0 Å². The van der Waals surface area contributed by atoms with Gasteiger partial charge in [-0.25, -0.2) is 0 Å². The Morgan fingerprint density at radius 2 is 2.07 bits per heavy atom. The predicted molar refractivity (Wildman–Crippen MR) is 60.7 cm³/mol. The van der Waals surface area contributed by atoms with E-state index < -0.39 is 0 Å². The first-order valence-electron chi connectivity index (χ1n) is 4.62. The van der Waals surface area contributed by atoms with E-state index in [1.165, 1.54) is 6.20 Å². The topological polar surface area (TPSA) is 49.0 Å². The first-order valence-corrected chi connectivity index (χ1v) is 5.68. The molecule has 1 rings (SSSR count). The summed E-state index contributed by atoms with van der Waals surface area (Å²) in [4.78, 5) is 13.6. The second-order valence-corrected chi connectivity index (χ2v) is 3.83. The van der Waals surface area contributed by atoms with Crippen LogP contribution in [0.25, 0.3) is 0 Å². The van der Waals surface area contributed by atoms with E-state index in [0.29, 0.717) is 30.4 Å². The fourth-order valence-corrected chi connectivity index (χ4v) is 1.66. The van der Waals surface area contributed by atoms with E-state index in [4.69, 9.17) is 23.2 Å². The lowest BCUT2D eigenvalue weighted by Gasteiger charge is -2.19. The summed E-state index contributed by atoms with van der Waals surface area (Å²) in [6.07, 6.45) is 1.52. The number of amides is 1. The van der Waals surface area contributed by atoms with Crippen LogP contribution in [0.15, 0.2) is 6.20 Å². The quantitative estimate of drug-likeness (QED) is 0.807. The van der Waals surface area contributed by atoms with Crippen LogP contribution in [0.4, 0.5) is 0 Å². The van der Waals surface area contributed by atoms with Gasteiger partial charge in [0.05, 0.1) is 11.8 Å². The number of carbonyl (C=O) groups is 1. The number of aromatic amines is 1. The normalized spacial score (nSPS) is 10.3. The molecular formula is C9H13Cl2N3O. The second-order valence-electron chi connectivity index (χ2n) is 3.08. The van der Waals surface area contributed by atoms with Gasteiger partial charge in [0.2, 0.25) is 0 Å². The Morgan fingerprint density at radius 3 is 2.47 bits per heavy atom. The van der Waals surface area contributed by atoms with Crippen molar-refractivity contribution in [3.63, 3.8) is 0 Å². The molecule has 1 aromatic heterocycles. The van der Waals surface area contributed by atoms with Crippen LogP contribution in [0, 0.1) is 6.92 Å². The fraction of sp³-hybridized carbons (Fsp3) is 0.556. The predicted octanol–water partition coefficient (Wildman–Crippen LogP) is 1.64. The highest BCUT2D eigenvalue weighted by Gasteiger charge is 2.17. The molecule has 0 bridgehead atoms. The maximum atomic E-state index is 12.0. The molecule has 0 saturated heterocycles. The summed E-state index contributed by atoms with van der Waals surface area (Å²) in [6.45, 7) is 2.80. The monoisotopic (exact) mass is 249 g/mol. The molecule has 84 valence electrons. The number of alkyl halides is 2. The largest absolute Gasteiger partial charge is 0.336 e. The van der Waals surface area contributed by atoms with Gasteiger partial charge in [-0.15, -0.1) is 23.2 Å². The van der Waals surface area contributed by atoms with Gasteiger partial charge < -0.3 is 4.90 Å². The summed E-state index contributed by atoms with van der Waals surface area (Å²) in [7, 11) is 0. The van der Waals surface area contributed by atoms with Gasteiger partial charge >= 0.3 is 0 Å². The minimum Gasteiger partial charge on any atom is -0.336 e. The zero-order valence-electron chi connectivity index (χ0n) is 8.46. The van der Waals surface area contributed by atoms with E-state index in [0.717, 1.165) is 5.69 Å². The maximum absolute atomic E-state index is 12.0. The van der Waals surface area contributed by atoms with Crippen molar-refractivity contribution in [1.29, 1.82) is 0 Å². The standard InChI is InChI=1S/C9H13Cl2N3O/c1-7-8(6-12-13-7)9(15)14(4-2-10)5-3-11/h6H,2-5H2,1H3,(H,12,13). The Morgan fingerprint density at radius 1 is 1.47 bits per heavy atom. The summed E-state index contributed by atoms with van der Waals surface area (Å²) >= 11 is 11.2. The van der Waals surface area contributed by atoms with Crippen molar-refractivity contribution in [1.82, 2.24) is 15.1 Å². The lowest BCUT2D eigenvalue weighted by atomic mass is 10.2. The number of halogens is 2. The molecule has 0 radical (unpaired) electrons. The number of nitrogens with one attached hydrogen (secondary N) is 1. The molecule has 0 fully saturated rings. The molecule has 0 aliphatic carbocycles. The van der Waals surface area contributed by atoms with E-state index in [-0.39, 0.29) is 5.91 Å². The number of rotatable bonds is 5. The van der Waals surface area contributed by atoms with Crippen molar-refractivity contribution in [3.8, 4) is 0 Å². The molecule has 1 aromatic rings. The summed E-state index contributed by atoms with van der Waals surface area (Å²) in [5.41, 5.74) is 1.33. The van der Waals surface area contributed by atoms with Crippen LogP contribution in [-0.2, 0) is 0 Å². The van der Waals surface area contributed by atoms with Gasteiger partial charge in [-0.1, -0.05) is 0 Å². The SMILES string of the molecule is Cc1[nH]ncc1C(=O)N(CCCl)CCCl. The molecule has 0 aromatic carbocycles. The number of carbonyl (C=O) groups excluding carboxylic acids is 1. The zero-order chi connectivity index (χ0) is 11.3. The summed E-state index contributed by atoms with van der Waals surface area (Å²) in [6, 6.07) is 0. The van der Waals surface area contributed by atoms with Crippen molar-refractivity contribution in [2.24, 2.45) is 0 Å². The molecule has 1 amide bonds. The molecule has 0 unspecified atom stereocenters. The number of aryl methyl sites for hydroxylation is 1. The first kappa shape index (κ1) is 12.3. The van der Waals surface area contributed by atoms with Crippen LogP contribution in [0.2, 0.25) is 0 Å². The Bertz CT molecular complexity index is 321. The highest BCUT2D eigenvalue weighted by atomic mass is 35.5. The van der Waals surface area contributed by atoms with Crippen LogP contribution < -0.4 is 0 Å². The third-order valence-electron chi connectivity index (χ3n) is 2.06. The van der Waals surface area contributed by atoms with Gasteiger partial charge in [0.25, 0.3) is 5.91 Å². The van der Waals surface area contributed by atoms with Crippen molar-refractivity contribution >= 4 is 29.1 Å². The maximum Gasteiger partial charge on any atom is 0.257 e. The van der Waals surface area contributed by atoms with Gasteiger partial charge in [0.1, 0.15) is 0 Å². The lowest BCUT2D eigenvalue weighted by molar-refractivity contribution is 0.0774. The molecule has 0 atom stereocenters. The number of aromatic nitrogens is 2. The van der Waals surface area contributed by atoms with E-state index in [2.05, 4.69) is 10.2 Å². The Kier molecular flexibility index (Phi) is 4.91. The minimum atomic E-state index is -0.0810. The molecule has 0 aliphatic heterocycles. The van der Waals surface area contributed by atoms with E-state index in [1.54, 1.807) is 11.8 Å². The van der Waals surface area contributed by atoms with E-state index in [9.17, 15) is 4.79 Å². The molecule has 6 heteroatoms. The van der Waals surface area contributed by atoms with Crippen LogP contribution in [0.1, 0.15) is 16.1 Å².